The molecule has 0 aliphatic heterocycles. The molecule has 1 fully saturated rings. The highest BCUT2D eigenvalue weighted by Gasteiger charge is 2.26. The third kappa shape index (κ3) is 3.47. The molecule has 1 atom stereocenters. The van der Waals surface area contributed by atoms with Crippen LogP contribution in [0.25, 0.3) is 11.0 Å². The van der Waals surface area contributed by atoms with Gasteiger partial charge in [0.25, 0.3) is 0 Å². The van der Waals surface area contributed by atoms with E-state index in [4.69, 9.17) is 16.6 Å². The molecule has 1 aliphatic carbocycles. The molecular weight excluding hydrogens is 400 g/mol. The van der Waals surface area contributed by atoms with Crippen LogP contribution in [0.5, 0.6) is 0 Å². The van der Waals surface area contributed by atoms with E-state index >= 15 is 0 Å². The minimum absolute atomic E-state index is 0.0225. The Bertz CT molecular complexity index is 1180. The molecule has 3 aromatic heterocycles. The number of hydrogen-bond donors (Lipinski definition) is 3. The van der Waals surface area contributed by atoms with Gasteiger partial charge in [-0.25, -0.2) is 9.97 Å². The molecule has 0 amide bonds. The van der Waals surface area contributed by atoms with Crippen LogP contribution in [0.3, 0.4) is 0 Å². The van der Waals surface area contributed by atoms with Crippen molar-refractivity contribution in [1.29, 1.82) is 0 Å². The van der Waals surface area contributed by atoms with Gasteiger partial charge in [0.1, 0.15) is 11.3 Å². The molecule has 0 bridgehead atoms. The van der Waals surface area contributed by atoms with Crippen LogP contribution in [-0.2, 0) is 0 Å². The van der Waals surface area contributed by atoms with Gasteiger partial charge in [0, 0.05) is 30.4 Å². The van der Waals surface area contributed by atoms with E-state index < -0.39 is 0 Å². The topological polar surface area (TPSA) is 98.4 Å². The predicted octanol–water partition coefficient (Wildman–Crippen LogP) is 4.94. The van der Waals surface area contributed by atoms with Crippen LogP contribution in [0.2, 0.25) is 5.02 Å². The molecule has 0 saturated heterocycles. The molecule has 5 rings (SSSR count). The second kappa shape index (κ2) is 7.60. The predicted molar refractivity (Wildman–Crippen MR) is 118 cm³/mol. The van der Waals surface area contributed by atoms with E-state index in [2.05, 4.69) is 55.3 Å². The van der Waals surface area contributed by atoms with Gasteiger partial charge >= 0.3 is 0 Å². The van der Waals surface area contributed by atoms with Crippen molar-refractivity contribution in [3.63, 3.8) is 0 Å². The quantitative estimate of drug-likeness (QED) is 0.390. The Hall–Kier alpha value is -3.13. The minimum Gasteiger partial charge on any atom is -0.345 e. The maximum atomic E-state index is 6.66. The Morgan fingerprint density at radius 2 is 2.10 bits per heavy atom. The summed E-state index contributed by atoms with van der Waals surface area (Å²) in [5, 5.41) is 11.4. The highest BCUT2D eigenvalue weighted by molar-refractivity contribution is 6.35. The van der Waals surface area contributed by atoms with Crippen LogP contribution in [0.15, 0.2) is 36.8 Å². The fourth-order valence-corrected chi connectivity index (χ4v) is 4.13. The lowest BCUT2D eigenvalue weighted by molar-refractivity contribution is 0.669. The smallest absolute Gasteiger partial charge is 0.227 e. The first-order valence-electron chi connectivity index (χ1n) is 10.2. The number of hydrogen-bond acceptors (Lipinski definition) is 6. The first-order chi connectivity index (χ1) is 14.6. The van der Waals surface area contributed by atoms with E-state index in [1.807, 2.05) is 18.2 Å². The summed E-state index contributed by atoms with van der Waals surface area (Å²) >= 11 is 6.66. The van der Waals surface area contributed by atoms with Crippen molar-refractivity contribution in [3.05, 3.63) is 53.1 Å². The molecule has 3 heterocycles. The average molecular weight is 423 g/mol. The van der Waals surface area contributed by atoms with Crippen molar-refractivity contribution in [3.8, 4) is 0 Å². The highest BCUT2D eigenvalue weighted by Crippen LogP contribution is 2.39. The molecule has 3 N–H and O–H groups in total. The third-order valence-electron chi connectivity index (χ3n) is 5.59. The van der Waals surface area contributed by atoms with Crippen LogP contribution in [0.4, 0.5) is 17.6 Å². The molecule has 0 radical (unpaired) electrons. The van der Waals surface area contributed by atoms with Crippen LogP contribution in [0, 0.1) is 0 Å². The number of rotatable bonds is 7. The van der Waals surface area contributed by atoms with Gasteiger partial charge in [-0.15, -0.1) is 0 Å². The fourth-order valence-electron chi connectivity index (χ4n) is 3.76. The summed E-state index contributed by atoms with van der Waals surface area (Å²) in [5.74, 6) is 2.73. The summed E-state index contributed by atoms with van der Waals surface area (Å²) < 4.78 is 0. The van der Waals surface area contributed by atoms with E-state index in [1.54, 1.807) is 12.5 Å². The number of benzene rings is 1. The lowest BCUT2D eigenvalue weighted by atomic mass is 10.1. The number of aromatic amines is 2. The summed E-state index contributed by atoms with van der Waals surface area (Å²) in [4.78, 5) is 18.8. The SMILES string of the molecule is CCN(c1nccc(Nc2cc(C3CC3)[nH]n2)n1)C(C)c1ccc2[nH]cnc2c1Cl. The molecule has 1 unspecified atom stereocenters. The summed E-state index contributed by atoms with van der Waals surface area (Å²) in [6.45, 7) is 4.91. The van der Waals surface area contributed by atoms with E-state index in [0.717, 1.165) is 29.0 Å². The number of imidazole rings is 1. The van der Waals surface area contributed by atoms with E-state index in [0.29, 0.717) is 22.7 Å². The first kappa shape index (κ1) is 18.9. The van der Waals surface area contributed by atoms with Crippen molar-refractivity contribution in [2.45, 2.75) is 38.6 Å². The zero-order chi connectivity index (χ0) is 20.7. The largest absolute Gasteiger partial charge is 0.345 e. The highest BCUT2D eigenvalue weighted by atomic mass is 35.5. The summed E-state index contributed by atoms with van der Waals surface area (Å²) in [7, 11) is 0. The molecular formula is C21H23ClN8. The molecule has 30 heavy (non-hydrogen) atoms. The standard InChI is InChI=1S/C21H23ClN8/c1-3-30(12(2)14-6-7-15-20(19(14)22)25-11-24-15)21-23-9-8-17(27-21)26-18-10-16(28-29-18)13-4-5-13/h6-13H,3-5H2,1-2H3,(H,24,25)(H2,23,26,27,28,29). The number of nitrogens with one attached hydrogen (secondary N) is 3. The average Bonchev–Trinajstić information content (AvgIpc) is 3.29. The van der Waals surface area contributed by atoms with Crippen LogP contribution in [0.1, 0.15) is 49.9 Å². The zero-order valence-electron chi connectivity index (χ0n) is 16.9. The minimum atomic E-state index is -0.0225. The lowest BCUT2D eigenvalue weighted by Gasteiger charge is -2.29. The number of fused-ring (bicyclic) bond motifs is 1. The molecule has 4 aromatic rings. The van der Waals surface area contributed by atoms with E-state index in [-0.39, 0.29) is 6.04 Å². The van der Waals surface area contributed by atoms with Gasteiger partial charge in [0.05, 0.1) is 22.9 Å². The lowest BCUT2D eigenvalue weighted by Crippen LogP contribution is -2.28. The van der Waals surface area contributed by atoms with Crippen LogP contribution < -0.4 is 10.2 Å². The number of H-pyrrole nitrogens is 2. The van der Waals surface area contributed by atoms with E-state index in [1.165, 1.54) is 18.5 Å². The zero-order valence-corrected chi connectivity index (χ0v) is 17.6. The molecule has 1 saturated carbocycles. The molecule has 1 aromatic carbocycles. The summed E-state index contributed by atoms with van der Waals surface area (Å²) in [6, 6.07) is 7.91. The number of nitrogens with zero attached hydrogens (tertiary/aromatic N) is 5. The second-order valence-corrected chi connectivity index (χ2v) is 7.96. The maximum Gasteiger partial charge on any atom is 0.227 e. The van der Waals surface area contributed by atoms with Crippen molar-refractivity contribution < 1.29 is 0 Å². The number of anilines is 3. The fraction of sp³-hybridized carbons (Fsp3) is 0.333. The van der Waals surface area contributed by atoms with Gasteiger partial charge in [-0.05, 0) is 44.4 Å². The maximum absolute atomic E-state index is 6.66. The molecule has 0 spiro atoms. The Balaban J connectivity index is 1.40. The van der Waals surface area contributed by atoms with Crippen LogP contribution >= 0.6 is 11.6 Å². The van der Waals surface area contributed by atoms with Crippen LogP contribution in [-0.4, -0.2) is 36.7 Å². The molecule has 154 valence electrons. The normalized spacial score (nSPS) is 14.8. The van der Waals surface area contributed by atoms with E-state index in [9.17, 15) is 0 Å². The molecule has 9 heteroatoms. The van der Waals surface area contributed by atoms with Gasteiger partial charge in [0.2, 0.25) is 5.95 Å². The Kier molecular flexibility index (Phi) is 4.78. The number of aromatic nitrogens is 6. The van der Waals surface area contributed by atoms with Gasteiger partial charge in [-0.1, -0.05) is 17.7 Å². The molecule has 8 nitrogen and oxygen atoms in total. The first-order valence-corrected chi connectivity index (χ1v) is 10.6. The van der Waals surface area contributed by atoms with Crippen molar-refractivity contribution in [2.24, 2.45) is 0 Å². The Labute approximate surface area is 179 Å². The van der Waals surface area contributed by atoms with Gasteiger partial charge in [0.15, 0.2) is 5.82 Å². The summed E-state index contributed by atoms with van der Waals surface area (Å²) in [5.41, 5.74) is 3.87. The van der Waals surface area contributed by atoms with Gasteiger partial charge in [-0.2, -0.15) is 10.1 Å². The van der Waals surface area contributed by atoms with Gasteiger partial charge in [-0.3, -0.25) is 5.10 Å². The van der Waals surface area contributed by atoms with Crippen molar-refractivity contribution >= 4 is 40.2 Å². The summed E-state index contributed by atoms with van der Waals surface area (Å²) in [6.07, 6.45) is 5.88. The monoisotopic (exact) mass is 422 g/mol. The third-order valence-corrected chi connectivity index (χ3v) is 5.99. The van der Waals surface area contributed by atoms with Gasteiger partial charge < -0.3 is 15.2 Å². The second-order valence-electron chi connectivity index (χ2n) is 7.58. The Morgan fingerprint density at radius 1 is 1.23 bits per heavy atom. The number of halogens is 1. The van der Waals surface area contributed by atoms with Crippen molar-refractivity contribution in [2.75, 3.05) is 16.8 Å². The molecule has 1 aliphatic rings. The van der Waals surface area contributed by atoms with Crippen molar-refractivity contribution in [1.82, 2.24) is 30.1 Å². The Morgan fingerprint density at radius 3 is 2.90 bits per heavy atom.